The van der Waals surface area contributed by atoms with Gasteiger partial charge >= 0.3 is 25.2 Å². The summed E-state index contributed by atoms with van der Waals surface area (Å²) in [4.78, 5) is 22.7. The third kappa shape index (κ3) is 18.5. The van der Waals surface area contributed by atoms with Crippen molar-refractivity contribution in [2.45, 2.75) is 67.6 Å². The van der Waals surface area contributed by atoms with Gasteiger partial charge in [-0.1, -0.05) is 13.8 Å². The highest BCUT2D eigenvalue weighted by Crippen LogP contribution is 2.45. The van der Waals surface area contributed by atoms with Gasteiger partial charge < -0.3 is 27.6 Å². The second-order valence-electron chi connectivity index (χ2n) is 7.05. The summed E-state index contributed by atoms with van der Waals surface area (Å²) >= 11 is 10.4. The molecule has 0 bridgehead atoms. The lowest BCUT2D eigenvalue weighted by molar-refractivity contribution is -0.142. The second kappa shape index (κ2) is 18.4. The molecule has 0 saturated heterocycles. The zero-order valence-electron chi connectivity index (χ0n) is 21.7. The number of rotatable bonds is 14. The number of hydrogen-bond acceptors (Lipinski definition) is 10. The Bertz CT molecular complexity index is 725. The van der Waals surface area contributed by atoms with Crippen molar-refractivity contribution in [3.8, 4) is 0 Å². The minimum Gasteiger partial charge on any atom is -0.460 e. The van der Waals surface area contributed by atoms with Crippen LogP contribution in [-0.2, 0) is 60.8 Å². The second-order valence-corrected chi connectivity index (χ2v) is 13.6. The van der Waals surface area contributed by atoms with Crippen molar-refractivity contribution < 1.29 is 37.2 Å². The van der Waals surface area contributed by atoms with Gasteiger partial charge in [-0.15, -0.1) is 0 Å². The Hall–Kier alpha value is -0.840. The summed E-state index contributed by atoms with van der Waals surface area (Å²) in [6.07, 6.45) is 2.20. The zero-order chi connectivity index (χ0) is 26.9. The smallest absolute Gasteiger partial charge is 0.334 e. The molecule has 14 heteroatoms. The summed E-state index contributed by atoms with van der Waals surface area (Å²) in [6.45, 7) is 10.4. The Morgan fingerprint density at radius 2 is 1.06 bits per heavy atom. The van der Waals surface area contributed by atoms with Crippen molar-refractivity contribution in [1.82, 2.24) is 10.2 Å². The summed E-state index contributed by atoms with van der Waals surface area (Å²) in [7, 11) is 2.95. The van der Waals surface area contributed by atoms with Crippen LogP contribution in [0.4, 0.5) is 0 Å². The lowest BCUT2D eigenvalue weighted by Crippen LogP contribution is -2.13. The molecule has 0 spiro atoms. The predicted octanol–water partition coefficient (Wildman–Crippen LogP) is 4.68. The van der Waals surface area contributed by atoms with Crippen LogP contribution >= 0.6 is 13.3 Å². The first-order valence-corrected chi connectivity index (χ1v) is 15.9. The van der Waals surface area contributed by atoms with Crippen LogP contribution in [0.3, 0.4) is 0 Å². The van der Waals surface area contributed by atoms with Crippen LogP contribution in [0, 0.1) is 0 Å². The van der Waals surface area contributed by atoms with E-state index in [-0.39, 0.29) is 12.2 Å². The van der Waals surface area contributed by atoms with Crippen LogP contribution in [0.15, 0.2) is 23.7 Å². The first-order valence-electron chi connectivity index (χ1n) is 10.6. The number of allylic oxidation sites excluding steroid dienone is 2. The van der Waals surface area contributed by atoms with Gasteiger partial charge in [0, 0.05) is 27.3 Å². The zero-order valence-corrected chi connectivity index (χ0v) is 25.1. The molecule has 0 aromatic carbocycles. The molecule has 0 aliphatic carbocycles. The Kier molecular flexibility index (Phi) is 19.1. The van der Waals surface area contributed by atoms with E-state index in [1.54, 1.807) is 41.5 Å². The minimum absolute atomic E-state index is 0.161. The van der Waals surface area contributed by atoms with Gasteiger partial charge in [-0.3, -0.25) is 0 Å². The molecule has 200 valence electrons. The summed E-state index contributed by atoms with van der Waals surface area (Å²) in [5.74, 6) is -0.151. The fourth-order valence-corrected chi connectivity index (χ4v) is 5.61. The van der Waals surface area contributed by atoms with E-state index in [1.165, 1.54) is 26.4 Å². The van der Waals surface area contributed by atoms with Crippen molar-refractivity contribution >= 4 is 48.8 Å². The highest BCUT2D eigenvalue weighted by Gasteiger charge is 2.18. The van der Waals surface area contributed by atoms with Crippen LogP contribution in [0.1, 0.15) is 55.4 Å². The first-order chi connectivity index (χ1) is 15.7. The van der Waals surface area contributed by atoms with Gasteiger partial charge in [-0.25, -0.2) is 19.8 Å². The van der Waals surface area contributed by atoms with Crippen LogP contribution in [-0.4, -0.2) is 51.5 Å². The third-order valence-electron chi connectivity index (χ3n) is 3.06. The molecule has 0 rings (SSSR count). The summed E-state index contributed by atoms with van der Waals surface area (Å²) in [5.41, 5.74) is 0. The maximum atomic E-state index is 11.3. The highest BCUT2D eigenvalue weighted by molar-refractivity contribution is 8.09. The van der Waals surface area contributed by atoms with Gasteiger partial charge in [-0.05, 0) is 65.2 Å². The molecular weight excluding hydrogens is 522 g/mol. The van der Waals surface area contributed by atoms with E-state index in [1.807, 2.05) is 13.8 Å². The average molecular weight is 563 g/mol. The van der Waals surface area contributed by atoms with E-state index in [2.05, 4.69) is 10.2 Å². The van der Waals surface area contributed by atoms with Gasteiger partial charge in [0.05, 0.1) is 24.4 Å². The molecule has 10 nitrogen and oxygen atoms in total. The van der Waals surface area contributed by atoms with Gasteiger partial charge in [0.15, 0.2) is 0 Å². The van der Waals surface area contributed by atoms with E-state index in [0.717, 1.165) is 0 Å². The van der Waals surface area contributed by atoms with Crippen molar-refractivity contribution in [2.75, 3.05) is 27.3 Å². The van der Waals surface area contributed by atoms with E-state index in [0.29, 0.717) is 24.6 Å². The van der Waals surface area contributed by atoms with Crippen molar-refractivity contribution in [1.29, 1.82) is 0 Å². The number of ether oxygens (including phenoxy) is 2. The van der Waals surface area contributed by atoms with Crippen LogP contribution in [0.2, 0.25) is 0 Å². The molecule has 0 aromatic heterocycles. The molecule has 0 aliphatic heterocycles. The molecule has 0 radical (unpaired) electrons. The van der Waals surface area contributed by atoms with Gasteiger partial charge in [0.25, 0.3) is 0 Å². The topological polar surface area (TPSA) is 114 Å². The fraction of sp³-hybridized carbons (Fsp3) is 0.700. The van der Waals surface area contributed by atoms with Gasteiger partial charge in [0.1, 0.15) is 11.5 Å². The monoisotopic (exact) mass is 562 g/mol. The highest BCUT2D eigenvalue weighted by atomic mass is 32.5. The summed E-state index contributed by atoms with van der Waals surface area (Å²) < 4.78 is 31.0. The van der Waals surface area contributed by atoms with E-state index in [4.69, 9.17) is 51.2 Å². The van der Waals surface area contributed by atoms with Crippen molar-refractivity contribution in [3.05, 3.63) is 23.7 Å². The molecular formula is C20H40N2O8P2S2. The lowest BCUT2D eigenvalue weighted by atomic mass is 10.4. The number of carbonyl (C=O) groups is 2. The van der Waals surface area contributed by atoms with E-state index < -0.39 is 25.2 Å². The Morgan fingerprint density at radius 3 is 1.26 bits per heavy atom. The standard InChI is InChI=1S/2C10H20NO4PS/c2*1-6-11-16(17,13-5)15-9(4)7-10(12)14-8(2)3/h2*7-8H,6H2,1-5H3,(H,11,17)/b2*9-7+. The number of carbonyl (C=O) groups excluding carboxylic acids is 2. The predicted molar refractivity (Wildman–Crippen MR) is 142 cm³/mol. The maximum absolute atomic E-state index is 11.3. The summed E-state index contributed by atoms with van der Waals surface area (Å²) in [5, 5.41) is 5.88. The Balaban J connectivity index is 0. The molecule has 2 unspecified atom stereocenters. The number of esters is 2. The number of hydrogen-bond donors (Lipinski definition) is 2. The molecule has 0 aromatic rings. The quantitative estimate of drug-likeness (QED) is 0.133. The molecule has 34 heavy (non-hydrogen) atoms. The molecule has 0 heterocycles. The van der Waals surface area contributed by atoms with E-state index >= 15 is 0 Å². The molecule has 0 fully saturated rings. The minimum atomic E-state index is -2.54. The number of nitrogens with one attached hydrogen (secondary N) is 2. The van der Waals surface area contributed by atoms with Crippen molar-refractivity contribution in [3.63, 3.8) is 0 Å². The van der Waals surface area contributed by atoms with Gasteiger partial charge in [0.2, 0.25) is 0 Å². The third-order valence-corrected chi connectivity index (χ3v) is 8.60. The first kappa shape index (κ1) is 35.3. The maximum Gasteiger partial charge on any atom is 0.334 e. The van der Waals surface area contributed by atoms with Gasteiger partial charge in [-0.2, -0.15) is 0 Å². The van der Waals surface area contributed by atoms with E-state index in [9.17, 15) is 9.59 Å². The fourth-order valence-electron chi connectivity index (χ4n) is 1.95. The molecule has 2 N–H and O–H groups in total. The summed E-state index contributed by atoms with van der Waals surface area (Å²) in [6, 6.07) is 0. The largest absolute Gasteiger partial charge is 0.460 e. The molecule has 0 aliphatic rings. The molecule has 2 atom stereocenters. The average Bonchev–Trinajstić information content (AvgIpc) is 2.66. The SMILES string of the molecule is CCNP(=S)(OC)O/C(C)=C/C(=O)OC(C)C.CCNP(=S)(OC)O/C(C)=C/C(=O)OC(C)C. The van der Waals surface area contributed by atoms with Crippen molar-refractivity contribution in [2.24, 2.45) is 0 Å². The Morgan fingerprint density at radius 1 is 0.765 bits per heavy atom. The van der Waals surface area contributed by atoms with Crippen LogP contribution in [0.25, 0.3) is 0 Å². The molecule has 0 amide bonds. The lowest BCUT2D eigenvalue weighted by Gasteiger charge is -2.21. The Labute approximate surface area is 214 Å². The normalized spacial score (nSPS) is 15.5. The van der Waals surface area contributed by atoms with Crippen LogP contribution in [0.5, 0.6) is 0 Å². The molecule has 0 saturated carbocycles. The van der Waals surface area contributed by atoms with Crippen LogP contribution < -0.4 is 10.2 Å².